The lowest BCUT2D eigenvalue weighted by atomic mass is 9.95. The van der Waals surface area contributed by atoms with Crippen LogP contribution in [0.3, 0.4) is 0 Å². The maximum absolute atomic E-state index is 13.0. The van der Waals surface area contributed by atoms with Crippen molar-refractivity contribution >= 4 is 5.91 Å². The third-order valence-corrected chi connectivity index (χ3v) is 5.37. The van der Waals surface area contributed by atoms with Gasteiger partial charge in [0, 0.05) is 31.5 Å². The van der Waals surface area contributed by atoms with Crippen LogP contribution in [0.4, 0.5) is 4.39 Å². The molecule has 6 heteroatoms. The van der Waals surface area contributed by atoms with E-state index in [9.17, 15) is 9.18 Å². The van der Waals surface area contributed by atoms with Crippen LogP contribution in [-0.4, -0.2) is 34.0 Å². The molecule has 27 heavy (non-hydrogen) atoms. The van der Waals surface area contributed by atoms with Crippen molar-refractivity contribution in [3.63, 3.8) is 0 Å². The Morgan fingerprint density at radius 2 is 1.81 bits per heavy atom. The minimum Gasteiger partial charge on any atom is -0.343 e. The van der Waals surface area contributed by atoms with Crippen molar-refractivity contribution in [1.29, 1.82) is 0 Å². The molecular weight excluding hydrogens is 345 g/mol. The van der Waals surface area contributed by atoms with Crippen molar-refractivity contribution in [2.24, 2.45) is 0 Å². The summed E-state index contributed by atoms with van der Waals surface area (Å²) in [5.41, 5.74) is 0.714. The molecule has 0 N–H and O–H groups in total. The Bertz CT molecular complexity index is 721. The quantitative estimate of drug-likeness (QED) is 0.732. The summed E-state index contributed by atoms with van der Waals surface area (Å²) in [6.45, 7) is 0. The molecule has 1 aliphatic rings. The van der Waals surface area contributed by atoms with Gasteiger partial charge in [0.25, 0.3) is 0 Å². The maximum Gasteiger partial charge on any atom is 0.226 e. The van der Waals surface area contributed by atoms with E-state index in [1.165, 1.54) is 44.2 Å². The molecule has 146 valence electrons. The summed E-state index contributed by atoms with van der Waals surface area (Å²) < 4.78 is 18.3. The zero-order valence-electron chi connectivity index (χ0n) is 16.0. The first-order valence-electron chi connectivity index (χ1n) is 9.97. The molecule has 0 bridgehead atoms. The largest absolute Gasteiger partial charge is 0.343 e. The van der Waals surface area contributed by atoms with E-state index in [4.69, 9.17) is 4.52 Å². The molecule has 0 aliphatic heterocycles. The SMILES string of the molecule is CN(C(=O)CCCc1nc(-c2ccc(F)cc2)no1)C1CCCCCCC1. The molecule has 0 atom stereocenters. The molecule has 0 spiro atoms. The Kier molecular flexibility index (Phi) is 6.96. The van der Waals surface area contributed by atoms with E-state index in [1.54, 1.807) is 12.1 Å². The molecule has 1 heterocycles. The van der Waals surface area contributed by atoms with Gasteiger partial charge < -0.3 is 9.42 Å². The van der Waals surface area contributed by atoms with E-state index in [0.29, 0.717) is 42.6 Å². The first-order chi connectivity index (χ1) is 13.1. The fourth-order valence-electron chi connectivity index (χ4n) is 3.67. The summed E-state index contributed by atoms with van der Waals surface area (Å²) in [6, 6.07) is 6.37. The van der Waals surface area contributed by atoms with Crippen LogP contribution in [0, 0.1) is 5.82 Å². The number of nitrogens with zero attached hydrogens (tertiary/aromatic N) is 3. The third-order valence-electron chi connectivity index (χ3n) is 5.37. The molecule has 3 rings (SSSR count). The van der Waals surface area contributed by atoms with Crippen molar-refractivity contribution in [2.45, 2.75) is 70.3 Å². The Balaban J connectivity index is 1.46. The second kappa shape index (κ2) is 9.62. The molecule has 1 aliphatic carbocycles. The van der Waals surface area contributed by atoms with Gasteiger partial charge >= 0.3 is 0 Å². The maximum atomic E-state index is 13.0. The monoisotopic (exact) mass is 373 g/mol. The highest BCUT2D eigenvalue weighted by Gasteiger charge is 2.20. The van der Waals surface area contributed by atoms with Gasteiger partial charge in [0.1, 0.15) is 5.82 Å². The lowest BCUT2D eigenvalue weighted by Crippen LogP contribution is -2.37. The highest BCUT2D eigenvalue weighted by molar-refractivity contribution is 5.76. The van der Waals surface area contributed by atoms with Gasteiger partial charge in [-0.1, -0.05) is 37.3 Å². The fourth-order valence-corrected chi connectivity index (χ4v) is 3.67. The smallest absolute Gasteiger partial charge is 0.226 e. The Morgan fingerprint density at radius 3 is 2.52 bits per heavy atom. The number of rotatable bonds is 6. The van der Waals surface area contributed by atoms with Crippen molar-refractivity contribution in [3.05, 3.63) is 36.0 Å². The molecule has 1 fully saturated rings. The number of aryl methyl sites for hydroxylation is 1. The minimum absolute atomic E-state index is 0.193. The number of hydrogen-bond acceptors (Lipinski definition) is 4. The number of aromatic nitrogens is 2. The van der Waals surface area contributed by atoms with Gasteiger partial charge in [0.05, 0.1) is 0 Å². The van der Waals surface area contributed by atoms with Crippen LogP contribution in [0.1, 0.15) is 63.7 Å². The van der Waals surface area contributed by atoms with Gasteiger partial charge in [-0.25, -0.2) is 4.39 Å². The first kappa shape index (κ1) is 19.5. The van der Waals surface area contributed by atoms with E-state index in [0.717, 1.165) is 12.8 Å². The second-order valence-electron chi connectivity index (χ2n) is 7.38. The predicted octanol–water partition coefficient (Wildman–Crippen LogP) is 4.77. The molecule has 2 aromatic rings. The Morgan fingerprint density at radius 1 is 1.15 bits per heavy atom. The highest BCUT2D eigenvalue weighted by atomic mass is 19.1. The minimum atomic E-state index is -0.297. The fraction of sp³-hybridized carbons (Fsp3) is 0.571. The normalized spacial score (nSPS) is 15.9. The van der Waals surface area contributed by atoms with Crippen LogP contribution >= 0.6 is 0 Å². The molecule has 1 aromatic carbocycles. The standard InChI is InChI=1S/C21H28FN3O2/c1-25(18-8-5-3-2-4-6-9-18)20(26)11-7-10-19-23-21(24-27-19)16-12-14-17(22)15-13-16/h12-15,18H,2-11H2,1H3. The van der Waals surface area contributed by atoms with Crippen LogP contribution in [0.15, 0.2) is 28.8 Å². The predicted molar refractivity (Wildman–Crippen MR) is 102 cm³/mol. The second-order valence-corrected chi connectivity index (χ2v) is 7.38. The topological polar surface area (TPSA) is 59.2 Å². The van der Waals surface area contributed by atoms with Crippen molar-refractivity contribution in [2.75, 3.05) is 7.05 Å². The average molecular weight is 373 g/mol. The molecule has 1 amide bonds. The van der Waals surface area contributed by atoms with Crippen LogP contribution in [0.25, 0.3) is 11.4 Å². The summed E-state index contributed by atoms with van der Waals surface area (Å²) in [4.78, 5) is 18.8. The molecule has 1 aromatic heterocycles. The molecular formula is C21H28FN3O2. The molecule has 5 nitrogen and oxygen atoms in total. The van der Waals surface area contributed by atoms with E-state index in [1.807, 2.05) is 11.9 Å². The number of benzene rings is 1. The number of hydrogen-bond donors (Lipinski definition) is 0. The van der Waals surface area contributed by atoms with E-state index >= 15 is 0 Å². The molecule has 0 unspecified atom stereocenters. The average Bonchev–Trinajstić information content (AvgIpc) is 3.10. The number of amides is 1. The van der Waals surface area contributed by atoms with Crippen LogP contribution in [0.2, 0.25) is 0 Å². The van der Waals surface area contributed by atoms with Crippen LogP contribution in [0.5, 0.6) is 0 Å². The lowest BCUT2D eigenvalue weighted by molar-refractivity contribution is -0.132. The summed E-state index contributed by atoms with van der Waals surface area (Å²) in [7, 11) is 1.94. The third kappa shape index (κ3) is 5.62. The van der Waals surface area contributed by atoms with Crippen molar-refractivity contribution < 1.29 is 13.7 Å². The first-order valence-corrected chi connectivity index (χ1v) is 9.97. The van der Waals surface area contributed by atoms with Gasteiger partial charge in [-0.05, 0) is 43.5 Å². The number of halogens is 1. The van der Waals surface area contributed by atoms with E-state index in [-0.39, 0.29) is 11.7 Å². The molecule has 0 radical (unpaired) electrons. The Labute approximate surface area is 159 Å². The Hall–Kier alpha value is -2.24. The van der Waals surface area contributed by atoms with Gasteiger partial charge in [-0.3, -0.25) is 4.79 Å². The van der Waals surface area contributed by atoms with Crippen molar-refractivity contribution in [3.8, 4) is 11.4 Å². The van der Waals surface area contributed by atoms with E-state index < -0.39 is 0 Å². The number of carbonyl (C=O) groups excluding carboxylic acids is 1. The van der Waals surface area contributed by atoms with Crippen LogP contribution in [-0.2, 0) is 11.2 Å². The van der Waals surface area contributed by atoms with Gasteiger partial charge in [0.15, 0.2) is 0 Å². The highest BCUT2D eigenvalue weighted by Crippen LogP contribution is 2.22. The zero-order chi connectivity index (χ0) is 19.1. The van der Waals surface area contributed by atoms with Crippen molar-refractivity contribution in [1.82, 2.24) is 15.0 Å². The number of carbonyl (C=O) groups is 1. The zero-order valence-corrected chi connectivity index (χ0v) is 16.0. The van der Waals surface area contributed by atoms with E-state index in [2.05, 4.69) is 10.1 Å². The van der Waals surface area contributed by atoms with Gasteiger partial charge in [-0.2, -0.15) is 4.98 Å². The summed E-state index contributed by atoms with van der Waals surface area (Å²) in [5.74, 6) is 0.854. The molecule has 1 saturated carbocycles. The van der Waals surface area contributed by atoms with Gasteiger partial charge in [0.2, 0.25) is 17.6 Å². The molecule has 0 saturated heterocycles. The summed E-state index contributed by atoms with van der Waals surface area (Å²) in [6.07, 6.45) is 10.3. The lowest BCUT2D eigenvalue weighted by Gasteiger charge is -2.29. The van der Waals surface area contributed by atoms with Gasteiger partial charge in [-0.15, -0.1) is 0 Å². The summed E-state index contributed by atoms with van der Waals surface area (Å²) in [5, 5.41) is 3.94. The van der Waals surface area contributed by atoms with Crippen LogP contribution < -0.4 is 0 Å². The summed E-state index contributed by atoms with van der Waals surface area (Å²) >= 11 is 0.